The molecule has 2 unspecified atom stereocenters. The van der Waals surface area contributed by atoms with Crippen LogP contribution in [0.15, 0.2) is 12.2 Å². The second-order valence-electron chi connectivity index (χ2n) is 13.7. The van der Waals surface area contributed by atoms with E-state index in [1.54, 1.807) is 12.2 Å². The Kier molecular flexibility index (Phi) is 16.3. The van der Waals surface area contributed by atoms with E-state index >= 15 is 0 Å². The first-order chi connectivity index (χ1) is 25.5. The maximum absolute atomic E-state index is 14.1. The molecule has 3 aliphatic heterocycles. The van der Waals surface area contributed by atoms with Crippen molar-refractivity contribution in [2.45, 2.75) is 129 Å². The average Bonchev–Trinajstić information content (AvgIpc) is 3.45. The molecule has 1 aliphatic carbocycles. The number of halogens is 2. The Morgan fingerprint density at radius 3 is 2.13 bits per heavy atom. The molecule has 0 aromatic carbocycles. The molecule has 24 heteroatoms. The molecule has 0 spiro atoms. The molecule has 22 nitrogen and oxygen atoms in total. The zero-order valence-electron chi connectivity index (χ0n) is 29.2. The van der Waals surface area contributed by atoms with Crippen LogP contribution < -0.4 is 39.3 Å². The van der Waals surface area contributed by atoms with Crippen molar-refractivity contribution in [3.8, 4) is 0 Å². The Morgan fingerprint density at radius 1 is 0.852 bits per heavy atom. The minimum Gasteiger partial charge on any atom is -0.394 e. The van der Waals surface area contributed by atoms with Crippen LogP contribution in [0, 0.1) is 0 Å². The van der Waals surface area contributed by atoms with E-state index in [0.717, 1.165) is 0 Å². The van der Waals surface area contributed by atoms with E-state index < -0.39 is 148 Å². The van der Waals surface area contributed by atoms with Gasteiger partial charge in [-0.2, -0.15) is 0 Å². The maximum atomic E-state index is 14.1. The lowest BCUT2D eigenvalue weighted by atomic mass is 9.83. The first kappa shape index (κ1) is 45.0. The lowest BCUT2D eigenvalue weighted by Gasteiger charge is -2.46. The average molecular weight is 792 g/mol. The Morgan fingerprint density at radius 2 is 1.50 bits per heavy atom. The van der Waals surface area contributed by atoms with Gasteiger partial charge in [0.1, 0.15) is 54.9 Å². The largest absolute Gasteiger partial charge is 0.394 e. The minimum absolute atomic E-state index is 0.0363. The number of aliphatic hydroxyl groups excluding tert-OH is 8. The molecule has 0 bridgehead atoms. The summed E-state index contributed by atoms with van der Waals surface area (Å²) in [6.45, 7) is -2.66. The number of amides is 1. The van der Waals surface area contributed by atoms with E-state index in [9.17, 15) is 49.3 Å². The van der Waals surface area contributed by atoms with Crippen LogP contribution in [0.2, 0.25) is 0 Å². The van der Waals surface area contributed by atoms with E-state index in [-0.39, 0.29) is 26.1 Å². The smallest absolute Gasteiger partial charge is 0.294 e. The summed E-state index contributed by atoms with van der Waals surface area (Å²) in [7, 11) is 0. The number of ether oxygens (including phenoxy) is 6. The summed E-state index contributed by atoms with van der Waals surface area (Å²) in [4.78, 5) is 12.7. The molecule has 3 heterocycles. The molecule has 0 aromatic rings. The standard InChI is InChI=1S/C30H55F2N7O15/c31-30(32,9-34)25(47)26(48)39-14-3-13(36)22(52-27-12(35)2-1-11(49-27)6-38-5-10(42)7-40)24(18(14)43)54-29-21(46)23(16(8-41)51-29)53-28-17(37)20(45)19(44)15(4-33)50-28/h1-2,10-25,27-29,38,40-47H,3-9,33-37H2,(H,39,48)/t10?,11-,12+,13-,14+,15-,16+,17+,18-,19+,20+,21+,22+,23+,24+,25?,27+,28+,29-/m0/s1. The van der Waals surface area contributed by atoms with Gasteiger partial charge in [0, 0.05) is 25.7 Å². The van der Waals surface area contributed by atoms with Gasteiger partial charge in [0.05, 0.1) is 50.1 Å². The maximum Gasteiger partial charge on any atom is 0.294 e. The third-order valence-corrected chi connectivity index (χ3v) is 9.70. The lowest BCUT2D eigenvalue weighted by molar-refractivity contribution is -0.284. The van der Waals surface area contributed by atoms with Gasteiger partial charge in [-0.05, 0) is 6.42 Å². The summed E-state index contributed by atoms with van der Waals surface area (Å²) in [5.74, 6) is -5.60. The first-order valence-corrected chi connectivity index (χ1v) is 17.4. The molecule has 20 N–H and O–H groups in total. The molecular weight excluding hydrogens is 736 g/mol. The second-order valence-corrected chi connectivity index (χ2v) is 13.7. The predicted molar refractivity (Wildman–Crippen MR) is 176 cm³/mol. The van der Waals surface area contributed by atoms with Crippen molar-refractivity contribution in [1.82, 2.24) is 10.6 Å². The van der Waals surface area contributed by atoms with Crippen LogP contribution in [0.5, 0.6) is 0 Å². The molecule has 1 saturated carbocycles. The summed E-state index contributed by atoms with van der Waals surface area (Å²) < 4.78 is 63.4. The molecule has 19 atom stereocenters. The van der Waals surface area contributed by atoms with Crippen molar-refractivity contribution in [1.29, 1.82) is 0 Å². The van der Waals surface area contributed by atoms with Crippen molar-refractivity contribution >= 4 is 5.91 Å². The molecule has 4 aliphatic rings. The van der Waals surface area contributed by atoms with Crippen LogP contribution >= 0.6 is 0 Å². The zero-order valence-corrected chi connectivity index (χ0v) is 29.2. The third kappa shape index (κ3) is 10.4. The fourth-order valence-corrected chi connectivity index (χ4v) is 6.49. The van der Waals surface area contributed by atoms with Gasteiger partial charge in [0.25, 0.3) is 11.8 Å². The monoisotopic (exact) mass is 791 g/mol. The van der Waals surface area contributed by atoms with Gasteiger partial charge >= 0.3 is 0 Å². The summed E-state index contributed by atoms with van der Waals surface area (Å²) in [5, 5.41) is 87.3. The van der Waals surface area contributed by atoms with Crippen LogP contribution in [0.25, 0.3) is 0 Å². The predicted octanol–water partition coefficient (Wildman–Crippen LogP) is -8.96. The topological polar surface area (TPSA) is 388 Å². The SMILES string of the molecule is NC[C@@H]1O[C@H](O[C@H]2[C@@H](O)[C@H](O[C@@H]3[C@@H](O)[C@H](NC(=O)C(O)C(F)(F)CN)C[C@H](N)[C@H]3O[C@H]3O[C@H](CNCC(O)CO)C=C[C@H]3N)O[C@@H]2CO)[C@H](N)[C@@H](O)[C@@H]1O. The van der Waals surface area contributed by atoms with Crippen LogP contribution in [0.4, 0.5) is 8.78 Å². The highest BCUT2D eigenvalue weighted by Gasteiger charge is 2.54. The van der Waals surface area contributed by atoms with E-state index in [2.05, 4.69) is 10.6 Å². The Balaban J connectivity index is 1.55. The van der Waals surface area contributed by atoms with Crippen molar-refractivity contribution < 1.29 is 82.8 Å². The number of alkyl halides is 2. The Hall–Kier alpha value is -1.73. The molecular formula is C30H55F2N7O15. The molecule has 54 heavy (non-hydrogen) atoms. The molecule has 2 saturated heterocycles. The van der Waals surface area contributed by atoms with Crippen molar-refractivity contribution in [2.24, 2.45) is 28.7 Å². The number of rotatable bonds is 17. The quantitative estimate of drug-likeness (QED) is 0.0608. The molecule has 0 radical (unpaired) electrons. The van der Waals surface area contributed by atoms with E-state index in [4.69, 9.17) is 62.2 Å². The number of hydrogen-bond donors (Lipinski definition) is 15. The summed E-state index contributed by atoms with van der Waals surface area (Å²) in [6.07, 6.45) is -19.8. The van der Waals surface area contributed by atoms with E-state index in [1.807, 2.05) is 0 Å². The van der Waals surface area contributed by atoms with Gasteiger partial charge in [-0.1, -0.05) is 12.2 Å². The van der Waals surface area contributed by atoms with Crippen LogP contribution in [-0.4, -0.2) is 208 Å². The molecule has 4 rings (SSSR count). The van der Waals surface area contributed by atoms with Gasteiger partial charge in [0.15, 0.2) is 25.0 Å². The van der Waals surface area contributed by atoms with Crippen LogP contribution in [-0.2, 0) is 33.2 Å². The second kappa shape index (κ2) is 19.6. The molecule has 314 valence electrons. The van der Waals surface area contributed by atoms with Gasteiger partial charge in [0.2, 0.25) is 0 Å². The number of aliphatic hydroxyl groups is 8. The van der Waals surface area contributed by atoms with Crippen molar-refractivity contribution in [2.75, 3.05) is 39.4 Å². The van der Waals surface area contributed by atoms with E-state index in [1.165, 1.54) is 0 Å². The normalized spacial score (nSPS) is 42.8. The van der Waals surface area contributed by atoms with E-state index in [0.29, 0.717) is 0 Å². The van der Waals surface area contributed by atoms with Crippen LogP contribution in [0.1, 0.15) is 6.42 Å². The van der Waals surface area contributed by atoms with Crippen molar-refractivity contribution in [3.63, 3.8) is 0 Å². The zero-order chi connectivity index (χ0) is 40.1. The van der Waals surface area contributed by atoms with Crippen molar-refractivity contribution in [3.05, 3.63) is 12.2 Å². The van der Waals surface area contributed by atoms with Gasteiger partial charge in [-0.15, -0.1) is 0 Å². The number of nitrogens with two attached hydrogens (primary N) is 5. The van der Waals surface area contributed by atoms with Gasteiger partial charge in [-0.25, -0.2) is 8.78 Å². The Bertz CT molecular complexity index is 1220. The molecule has 1 amide bonds. The highest BCUT2D eigenvalue weighted by atomic mass is 19.3. The molecule has 0 aromatic heterocycles. The van der Waals surface area contributed by atoms with Crippen LogP contribution in [0.3, 0.4) is 0 Å². The Labute approximate surface area is 308 Å². The van der Waals surface area contributed by atoms with Gasteiger partial charge < -0.3 is 109 Å². The highest BCUT2D eigenvalue weighted by molar-refractivity contribution is 5.82. The summed E-state index contributed by atoms with van der Waals surface area (Å²) >= 11 is 0. The summed E-state index contributed by atoms with van der Waals surface area (Å²) in [6, 6.07) is -4.88. The molecule has 3 fully saturated rings. The number of hydrogen-bond acceptors (Lipinski definition) is 21. The number of carbonyl (C=O) groups is 1. The number of nitrogens with one attached hydrogen (secondary N) is 2. The first-order valence-electron chi connectivity index (χ1n) is 17.4. The summed E-state index contributed by atoms with van der Waals surface area (Å²) in [5.41, 5.74) is 29.3. The minimum atomic E-state index is -4.02. The van der Waals surface area contributed by atoms with Gasteiger partial charge in [-0.3, -0.25) is 4.79 Å². The number of carbonyl (C=O) groups excluding carboxylic acids is 1. The fraction of sp³-hybridized carbons (Fsp3) is 0.900. The fourth-order valence-electron chi connectivity index (χ4n) is 6.49. The lowest BCUT2D eigenvalue weighted by Crippen LogP contribution is -2.67. The highest BCUT2D eigenvalue weighted by Crippen LogP contribution is 2.34. The third-order valence-electron chi connectivity index (χ3n) is 9.70.